The lowest BCUT2D eigenvalue weighted by atomic mass is 10.4. The average Bonchev–Trinajstić information content (AvgIpc) is 2.36. The fourth-order valence-corrected chi connectivity index (χ4v) is 0.873. The average molecular weight is 173 g/mol. The van der Waals surface area contributed by atoms with Gasteiger partial charge in [0.2, 0.25) is 0 Å². The first-order valence-electron chi connectivity index (χ1n) is 2.79. The Morgan fingerprint density at radius 2 is 2.27 bits per heavy atom. The molecule has 0 aromatic heterocycles. The molecule has 0 saturated heterocycles. The first-order valence-corrected chi connectivity index (χ1v) is 3.13. The Balaban J connectivity index is 2.77. The van der Waals surface area contributed by atoms with E-state index in [-0.39, 0.29) is 5.82 Å². The molecule has 0 aromatic rings. The van der Waals surface area contributed by atoms with Crippen molar-refractivity contribution in [3.63, 3.8) is 0 Å². The van der Waals surface area contributed by atoms with E-state index in [9.17, 15) is 4.39 Å². The van der Waals surface area contributed by atoms with Crippen molar-refractivity contribution in [2.24, 2.45) is 0 Å². The second-order valence-corrected chi connectivity index (χ2v) is 2.27. The van der Waals surface area contributed by atoms with Crippen LogP contribution in [0, 0.1) is 6.08 Å². The van der Waals surface area contributed by atoms with E-state index >= 15 is 0 Å². The molecule has 2 aliphatic heterocycles. The molecule has 2 heterocycles. The normalized spacial score (nSPS) is 10.7. The number of rotatable bonds is 0. The summed E-state index contributed by atoms with van der Waals surface area (Å²) in [7, 11) is 0. The van der Waals surface area contributed by atoms with Gasteiger partial charge >= 0.3 is 6.08 Å². The Bertz CT molecular complexity index is 327. The van der Waals surface area contributed by atoms with Gasteiger partial charge in [0.15, 0.2) is 5.82 Å². The molecule has 0 fully saturated rings. The Morgan fingerprint density at radius 3 is 3.09 bits per heavy atom. The second kappa shape index (κ2) is 2.13. The Morgan fingerprint density at radius 1 is 1.45 bits per heavy atom. The molecular formula is C5H2ClFN4. The third-order valence-corrected chi connectivity index (χ3v) is 1.45. The summed E-state index contributed by atoms with van der Waals surface area (Å²) in [5, 5.41) is 0. The minimum atomic E-state index is -0.792. The van der Waals surface area contributed by atoms with Crippen LogP contribution in [0.25, 0.3) is 11.5 Å². The van der Waals surface area contributed by atoms with E-state index < -0.39 is 6.08 Å². The molecule has 0 amide bonds. The van der Waals surface area contributed by atoms with Crippen LogP contribution in [0.3, 0.4) is 0 Å². The molecule has 0 unspecified atom stereocenters. The second-order valence-electron chi connectivity index (χ2n) is 1.90. The molecule has 2 rings (SSSR count). The minimum absolute atomic E-state index is 0.263. The zero-order valence-electron chi connectivity index (χ0n) is 5.20. The molecule has 0 atom stereocenters. The van der Waals surface area contributed by atoms with Crippen LogP contribution in [0.15, 0.2) is 12.5 Å². The topological polar surface area (TPSA) is 43.6 Å². The monoisotopic (exact) mass is 172 g/mol. The van der Waals surface area contributed by atoms with Crippen molar-refractivity contribution < 1.29 is 4.39 Å². The van der Waals surface area contributed by atoms with Crippen molar-refractivity contribution >= 4 is 11.8 Å². The summed E-state index contributed by atoms with van der Waals surface area (Å²) in [6.07, 6.45) is 1.82. The van der Waals surface area contributed by atoms with Crippen LogP contribution in [0.2, 0.25) is 0 Å². The summed E-state index contributed by atoms with van der Waals surface area (Å²) in [5.41, 5.74) is 0.474. The third-order valence-electron chi connectivity index (χ3n) is 1.22. The molecule has 0 spiro atoms. The molecule has 4 nitrogen and oxygen atoms in total. The lowest BCUT2D eigenvalue weighted by Gasteiger charge is -1.97. The van der Waals surface area contributed by atoms with E-state index in [2.05, 4.69) is 15.0 Å². The van der Waals surface area contributed by atoms with Crippen LogP contribution in [-0.4, -0.2) is 19.0 Å². The molecule has 56 valence electrons. The molecule has 0 saturated carbocycles. The lowest BCUT2D eigenvalue weighted by Crippen LogP contribution is -1.98. The molecule has 2 aliphatic rings. The summed E-state index contributed by atoms with van der Waals surface area (Å²) in [5.74, 6) is 0.263. The molecular weight excluding hydrogens is 171 g/mol. The predicted molar refractivity (Wildman–Crippen MR) is 35.6 cm³/mol. The molecule has 6 heteroatoms. The highest BCUT2D eigenvalue weighted by Gasteiger charge is 2.10. The Labute approximate surface area is 66.1 Å². The molecule has 0 aromatic carbocycles. The Hall–Kier alpha value is -1.23. The van der Waals surface area contributed by atoms with E-state index in [1.807, 2.05) is 0 Å². The van der Waals surface area contributed by atoms with Gasteiger partial charge in [0.05, 0.1) is 6.20 Å². The highest BCUT2D eigenvalue weighted by Crippen LogP contribution is 2.14. The van der Waals surface area contributed by atoms with Crippen LogP contribution in [0.5, 0.6) is 0 Å². The van der Waals surface area contributed by atoms with Crippen molar-refractivity contribution in [2.45, 2.75) is 0 Å². The summed E-state index contributed by atoms with van der Waals surface area (Å²) < 4.78 is 13.3. The summed E-state index contributed by atoms with van der Waals surface area (Å²) in [4.78, 5) is 10.9. The number of aromatic nitrogens is 4. The van der Waals surface area contributed by atoms with Gasteiger partial charge in [-0.25, -0.2) is 14.1 Å². The van der Waals surface area contributed by atoms with Crippen LogP contribution in [0.1, 0.15) is 0 Å². The van der Waals surface area contributed by atoms with Crippen LogP contribution >= 0.6 is 11.8 Å². The van der Waals surface area contributed by atoms with Crippen molar-refractivity contribution in [2.75, 3.05) is 0 Å². The van der Waals surface area contributed by atoms with E-state index in [0.717, 1.165) is 4.09 Å². The van der Waals surface area contributed by atoms with Gasteiger partial charge < -0.3 is 0 Å². The van der Waals surface area contributed by atoms with Gasteiger partial charge in [-0.15, -0.1) is 0 Å². The van der Waals surface area contributed by atoms with Gasteiger partial charge in [0.1, 0.15) is 12.0 Å². The Kier molecular flexibility index (Phi) is 1.25. The predicted octanol–water partition coefficient (Wildman–Crippen LogP) is 0.919. The molecule has 11 heavy (non-hydrogen) atoms. The third kappa shape index (κ3) is 0.932. The fraction of sp³-hybridized carbons (Fsp3) is 0. The maximum atomic E-state index is 12.6. The van der Waals surface area contributed by atoms with Crippen molar-refractivity contribution in [3.8, 4) is 11.5 Å². The van der Waals surface area contributed by atoms with Gasteiger partial charge in [0.25, 0.3) is 0 Å². The maximum Gasteiger partial charge on any atom is 0.306 e. The van der Waals surface area contributed by atoms with E-state index in [1.54, 1.807) is 0 Å². The number of hydrogen-bond acceptors (Lipinski definition) is 3. The van der Waals surface area contributed by atoms with Gasteiger partial charge in [-0.1, -0.05) is 0 Å². The van der Waals surface area contributed by atoms with Crippen LogP contribution in [0.4, 0.5) is 4.39 Å². The quantitative estimate of drug-likeness (QED) is 0.555. The summed E-state index contributed by atoms with van der Waals surface area (Å²) in [6.45, 7) is 0. The molecule has 0 radical (unpaired) electrons. The van der Waals surface area contributed by atoms with Gasteiger partial charge in [-0.3, -0.25) is 0 Å². The number of imidazole rings is 1. The molecule has 0 bridgehead atoms. The van der Waals surface area contributed by atoms with Gasteiger partial charge in [0, 0.05) is 11.8 Å². The first kappa shape index (κ1) is 6.48. The highest BCUT2D eigenvalue weighted by molar-refractivity contribution is 6.15. The summed E-state index contributed by atoms with van der Waals surface area (Å²) >= 11 is 5.36. The number of nitrogens with zero attached hydrogens (tertiary/aromatic N) is 4. The van der Waals surface area contributed by atoms with E-state index in [0.29, 0.717) is 5.69 Å². The zero-order chi connectivity index (χ0) is 7.84. The fourth-order valence-electron chi connectivity index (χ4n) is 0.743. The maximum absolute atomic E-state index is 12.6. The van der Waals surface area contributed by atoms with Crippen molar-refractivity contribution in [3.05, 3.63) is 18.6 Å². The smallest absolute Gasteiger partial charge is 0.231 e. The SMILES string of the molecule is Fc1nc2ncnc-2cn1Cl. The van der Waals surface area contributed by atoms with E-state index in [4.69, 9.17) is 11.8 Å². The van der Waals surface area contributed by atoms with Crippen LogP contribution in [-0.2, 0) is 0 Å². The van der Waals surface area contributed by atoms with Gasteiger partial charge in [-0.05, 0) is 0 Å². The molecule has 0 aliphatic carbocycles. The number of hydrogen-bond donors (Lipinski definition) is 0. The van der Waals surface area contributed by atoms with Gasteiger partial charge in [-0.2, -0.15) is 9.37 Å². The number of fused-ring (bicyclic) bond motifs is 1. The first-order chi connectivity index (χ1) is 5.27. The molecule has 0 N–H and O–H groups in total. The lowest BCUT2D eigenvalue weighted by molar-refractivity contribution is 0.523. The summed E-state index contributed by atoms with van der Waals surface area (Å²) in [6, 6.07) is 0. The largest absolute Gasteiger partial charge is 0.306 e. The van der Waals surface area contributed by atoms with Crippen molar-refractivity contribution in [1.29, 1.82) is 0 Å². The zero-order valence-corrected chi connectivity index (χ0v) is 5.96. The number of halogens is 2. The minimum Gasteiger partial charge on any atom is -0.231 e. The van der Waals surface area contributed by atoms with Crippen molar-refractivity contribution in [1.82, 2.24) is 19.0 Å². The highest BCUT2D eigenvalue weighted by atomic mass is 35.5. The standard InChI is InChI=1S/C5H2ClFN4/c6-11-1-3-4(9-2-8-3)10-5(11)7/h1-2H. The van der Waals surface area contributed by atoms with E-state index in [1.165, 1.54) is 12.5 Å². The van der Waals surface area contributed by atoms with Crippen LogP contribution < -0.4 is 0 Å².